The molecule has 0 saturated heterocycles. The van der Waals surface area contributed by atoms with E-state index in [0.29, 0.717) is 6.54 Å². The van der Waals surface area contributed by atoms with Crippen LogP contribution in [0.1, 0.15) is 36.8 Å². The first kappa shape index (κ1) is 14.4. The summed E-state index contributed by atoms with van der Waals surface area (Å²) in [5.41, 5.74) is 2.22. The summed E-state index contributed by atoms with van der Waals surface area (Å²) in [4.78, 5) is 11.0. The van der Waals surface area contributed by atoms with Gasteiger partial charge < -0.3 is 10.4 Å². The molecular weight excluding hydrogens is 262 g/mol. The minimum absolute atomic E-state index is 0.195. The van der Waals surface area contributed by atoms with E-state index in [1.807, 2.05) is 25.1 Å². The van der Waals surface area contributed by atoms with Crippen LogP contribution < -0.4 is 5.32 Å². The Kier molecular flexibility index (Phi) is 4.83. The molecule has 0 heterocycles. The van der Waals surface area contributed by atoms with Gasteiger partial charge in [-0.25, -0.2) is 0 Å². The SMILES string of the molecule is Cc1ccc(CNC2CCCC(C(=O)O)C2)c(Cl)c1. The number of aryl methyl sites for hydroxylation is 1. The largest absolute Gasteiger partial charge is 0.481 e. The first-order valence-corrected chi connectivity index (χ1v) is 7.15. The third-order valence-electron chi connectivity index (χ3n) is 3.81. The molecule has 104 valence electrons. The van der Waals surface area contributed by atoms with Crippen molar-refractivity contribution in [3.05, 3.63) is 34.3 Å². The molecule has 4 heteroatoms. The maximum absolute atomic E-state index is 11.0. The summed E-state index contributed by atoms with van der Waals surface area (Å²) in [6, 6.07) is 6.32. The van der Waals surface area contributed by atoms with Crippen molar-refractivity contribution < 1.29 is 9.90 Å². The van der Waals surface area contributed by atoms with E-state index in [4.69, 9.17) is 16.7 Å². The number of benzene rings is 1. The second kappa shape index (κ2) is 6.40. The molecule has 1 aliphatic rings. The highest BCUT2D eigenvalue weighted by Crippen LogP contribution is 2.25. The number of hydrogen-bond acceptors (Lipinski definition) is 2. The van der Waals surface area contributed by atoms with Crippen molar-refractivity contribution in [3.63, 3.8) is 0 Å². The van der Waals surface area contributed by atoms with Gasteiger partial charge in [-0.1, -0.05) is 30.2 Å². The van der Waals surface area contributed by atoms with Crippen LogP contribution in [0.15, 0.2) is 18.2 Å². The lowest BCUT2D eigenvalue weighted by Gasteiger charge is -2.27. The van der Waals surface area contributed by atoms with Gasteiger partial charge in [-0.2, -0.15) is 0 Å². The van der Waals surface area contributed by atoms with E-state index < -0.39 is 5.97 Å². The van der Waals surface area contributed by atoms with Crippen molar-refractivity contribution in [2.75, 3.05) is 0 Å². The molecule has 0 bridgehead atoms. The first-order valence-electron chi connectivity index (χ1n) is 6.77. The van der Waals surface area contributed by atoms with Crippen molar-refractivity contribution in [3.8, 4) is 0 Å². The number of carboxylic acid groups (broad SMARTS) is 1. The Morgan fingerprint density at radius 2 is 2.26 bits per heavy atom. The van der Waals surface area contributed by atoms with E-state index in [1.54, 1.807) is 0 Å². The van der Waals surface area contributed by atoms with Crippen molar-refractivity contribution in [1.29, 1.82) is 0 Å². The number of rotatable bonds is 4. The van der Waals surface area contributed by atoms with E-state index in [2.05, 4.69) is 5.32 Å². The second-order valence-electron chi connectivity index (χ2n) is 5.37. The monoisotopic (exact) mass is 281 g/mol. The number of aliphatic carboxylic acids is 1. The Balaban J connectivity index is 1.89. The first-order chi connectivity index (χ1) is 9.06. The van der Waals surface area contributed by atoms with Gasteiger partial charge >= 0.3 is 5.97 Å². The van der Waals surface area contributed by atoms with Gasteiger partial charge in [0.1, 0.15) is 0 Å². The van der Waals surface area contributed by atoms with E-state index in [0.717, 1.165) is 41.8 Å². The number of hydrogen-bond donors (Lipinski definition) is 2. The van der Waals surface area contributed by atoms with Crippen LogP contribution in [0.5, 0.6) is 0 Å². The van der Waals surface area contributed by atoms with Gasteiger partial charge in [-0.3, -0.25) is 4.79 Å². The lowest BCUT2D eigenvalue weighted by molar-refractivity contribution is -0.143. The third kappa shape index (κ3) is 3.95. The molecule has 1 fully saturated rings. The Morgan fingerprint density at radius 3 is 2.95 bits per heavy atom. The van der Waals surface area contributed by atoms with Gasteiger partial charge in [0.25, 0.3) is 0 Å². The van der Waals surface area contributed by atoms with Crippen LogP contribution in [0.25, 0.3) is 0 Å². The zero-order valence-corrected chi connectivity index (χ0v) is 11.9. The van der Waals surface area contributed by atoms with Gasteiger partial charge in [0.05, 0.1) is 5.92 Å². The topological polar surface area (TPSA) is 49.3 Å². The average molecular weight is 282 g/mol. The molecule has 0 aliphatic heterocycles. The molecule has 2 unspecified atom stereocenters. The average Bonchev–Trinajstić information content (AvgIpc) is 2.38. The van der Waals surface area contributed by atoms with E-state index in [-0.39, 0.29) is 12.0 Å². The maximum atomic E-state index is 11.0. The number of nitrogens with one attached hydrogen (secondary N) is 1. The molecule has 2 N–H and O–H groups in total. The Hall–Kier alpha value is -1.06. The molecule has 1 aliphatic carbocycles. The van der Waals surface area contributed by atoms with Crippen molar-refractivity contribution in [2.24, 2.45) is 5.92 Å². The highest BCUT2D eigenvalue weighted by Gasteiger charge is 2.26. The molecular formula is C15H20ClNO2. The molecule has 0 radical (unpaired) electrons. The lowest BCUT2D eigenvalue weighted by Crippen LogP contribution is -2.36. The minimum Gasteiger partial charge on any atom is -0.481 e. The summed E-state index contributed by atoms with van der Waals surface area (Å²) in [5.74, 6) is -0.861. The molecule has 0 amide bonds. The highest BCUT2D eigenvalue weighted by molar-refractivity contribution is 6.31. The third-order valence-corrected chi connectivity index (χ3v) is 4.17. The molecule has 0 aromatic heterocycles. The van der Waals surface area contributed by atoms with Crippen molar-refractivity contribution in [1.82, 2.24) is 5.32 Å². The molecule has 0 spiro atoms. The van der Waals surface area contributed by atoms with Crippen LogP contribution in [0.4, 0.5) is 0 Å². The summed E-state index contributed by atoms with van der Waals surface area (Å²) < 4.78 is 0. The normalized spacial score (nSPS) is 23.3. The van der Waals surface area contributed by atoms with Crippen molar-refractivity contribution in [2.45, 2.75) is 45.2 Å². The number of carbonyl (C=O) groups is 1. The summed E-state index contributed by atoms with van der Waals surface area (Å²) in [6.07, 6.45) is 3.56. The minimum atomic E-state index is -0.667. The van der Waals surface area contributed by atoms with Crippen LogP contribution in [0.3, 0.4) is 0 Å². The van der Waals surface area contributed by atoms with Gasteiger partial charge in [0.2, 0.25) is 0 Å². The maximum Gasteiger partial charge on any atom is 0.306 e. The number of halogens is 1. The van der Waals surface area contributed by atoms with Gasteiger partial charge in [0, 0.05) is 17.6 Å². The molecule has 19 heavy (non-hydrogen) atoms. The van der Waals surface area contributed by atoms with Gasteiger partial charge in [-0.05, 0) is 43.4 Å². The molecule has 2 atom stereocenters. The van der Waals surface area contributed by atoms with Gasteiger partial charge in [0.15, 0.2) is 0 Å². The predicted molar refractivity (Wildman–Crippen MR) is 76.4 cm³/mol. The van der Waals surface area contributed by atoms with Crippen LogP contribution >= 0.6 is 11.6 Å². The summed E-state index contributed by atoms with van der Waals surface area (Å²) in [6.45, 7) is 2.72. The standard InChI is InChI=1S/C15H20ClNO2/c1-10-5-6-12(14(16)7-10)9-17-13-4-2-3-11(8-13)15(18)19/h5-7,11,13,17H,2-4,8-9H2,1H3,(H,18,19). The van der Waals surface area contributed by atoms with Crippen LogP contribution in [0.2, 0.25) is 5.02 Å². The van der Waals surface area contributed by atoms with Gasteiger partial charge in [-0.15, -0.1) is 0 Å². The molecule has 3 nitrogen and oxygen atoms in total. The summed E-state index contributed by atoms with van der Waals surface area (Å²) in [5, 5.41) is 13.3. The van der Waals surface area contributed by atoms with E-state index in [1.165, 1.54) is 0 Å². The van der Waals surface area contributed by atoms with Crippen molar-refractivity contribution >= 4 is 17.6 Å². The van der Waals surface area contributed by atoms with Crippen LogP contribution in [-0.4, -0.2) is 17.1 Å². The lowest BCUT2D eigenvalue weighted by atomic mass is 9.86. The van der Waals surface area contributed by atoms with Crippen LogP contribution in [-0.2, 0) is 11.3 Å². The Bertz CT molecular complexity index is 461. The molecule has 1 aromatic carbocycles. The fourth-order valence-electron chi connectivity index (χ4n) is 2.65. The summed E-state index contributed by atoms with van der Waals surface area (Å²) in [7, 11) is 0. The smallest absolute Gasteiger partial charge is 0.306 e. The quantitative estimate of drug-likeness (QED) is 0.889. The molecule has 2 rings (SSSR count). The zero-order chi connectivity index (χ0) is 13.8. The van der Waals surface area contributed by atoms with E-state index >= 15 is 0 Å². The van der Waals surface area contributed by atoms with E-state index in [9.17, 15) is 4.79 Å². The molecule has 1 saturated carbocycles. The fraction of sp³-hybridized carbons (Fsp3) is 0.533. The predicted octanol–water partition coefficient (Wildman–Crippen LogP) is 3.38. The van der Waals surface area contributed by atoms with Crippen LogP contribution in [0, 0.1) is 12.8 Å². The Morgan fingerprint density at radius 1 is 1.47 bits per heavy atom. The zero-order valence-electron chi connectivity index (χ0n) is 11.2. The Labute approximate surface area is 119 Å². The summed E-state index contributed by atoms with van der Waals surface area (Å²) >= 11 is 6.19. The number of carboxylic acids is 1. The fourth-order valence-corrected chi connectivity index (χ4v) is 2.95. The highest BCUT2D eigenvalue weighted by atomic mass is 35.5. The molecule has 1 aromatic rings. The second-order valence-corrected chi connectivity index (χ2v) is 5.78.